The molecule has 0 aromatic heterocycles. The number of nitrogens with one attached hydrogen (secondary N) is 1. The van der Waals surface area contributed by atoms with Crippen molar-refractivity contribution in [2.24, 2.45) is 5.10 Å². The number of amides is 1. The molecule has 0 spiro atoms. The van der Waals surface area contributed by atoms with Crippen molar-refractivity contribution in [2.45, 2.75) is 12.7 Å². The van der Waals surface area contributed by atoms with Gasteiger partial charge in [-0.3, -0.25) is 4.79 Å². The number of benzene rings is 2. The number of hydrogen-bond donors (Lipinski definition) is 2. The van der Waals surface area contributed by atoms with Crippen LogP contribution in [-0.2, 0) is 10.5 Å². The van der Waals surface area contributed by atoms with Gasteiger partial charge < -0.3 is 5.11 Å². The minimum absolute atomic E-state index is 0.128. The lowest BCUT2D eigenvalue weighted by Crippen LogP contribution is -2.21. The van der Waals surface area contributed by atoms with Gasteiger partial charge in [-0.15, -0.1) is 11.8 Å². The van der Waals surface area contributed by atoms with Gasteiger partial charge in [0.25, 0.3) is 0 Å². The van der Waals surface area contributed by atoms with Gasteiger partial charge >= 0.3 is 0 Å². The molecule has 0 aliphatic carbocycles. The highest BCUT2D eigenvalue weighted by Gasteiger charge is 2.05. The molecule has 0 saturated carbocycles. The van der Waals surface area contributed by atoms with Crippen LogP contribution in [0.5, 0.6) is 5.75 Å². The second-order valence-corrected chi connectivity index (χ2v) is 6.04. The largest absolute Gasteiger partial charge is 0.507 e. The van der Waals surface area contributed by atoms with E-state index in [1.54, 1.807) is 43.3 Å². The summed E-state index contributed by atoms with van der Waals surface area (Å²) in [6.07, 6.45) is 0. The van der Waals surface area contributed by atoms with E-state index in [-0.39, 0.29) is 17.4 Å². The van der Waals surface area contributed by atoms with Crippen molar-refractivity contribution in [3.8, 4) is 11.8 Å². The van der Waals surface area contributed by atoms with Gasteiger partial charge in [-0.2, -0.15) is 10.4 Å². The number of rotatable bonds is 6. The predicted molar refractivity (Wildman–Crippen MR) is 95.8 cm³/mol. The third-order valence-electron chi connectivity index (χ3n) is 3.23. The molecule has 24 heavy (non-hydrogen) atoms. The van der Waals surface area contributed by atoms with Crippen molar-refractivity contribution in [3.63, 3.8) is 0 Å². The molecule has 2 aromatic rings. The summed E-state index contributed by atoms with van der Waals surface area (Å²) in [5.41, 5.74) is 5.29. The second-order valence-electron chi connectivity index (χ2n) is 5.05. The Morgan fingerprint density at radius 1 is 1.25 bits per heavy atom. The highest BCUT2D eigenvalue weighted by atomic mass is 32.2. The Morgan fingerprint density at radius 3 is 2.62 bits per heavy atom. The van der Waals surface area contributed by atoms with Crippen molar-refractivity contribution in [1.29, 1.82) is 5.26 Å². The molecule has 0 fully saturated rings. The SMILES string of the molecule is C/C(=N/NC(=O)CSCc1ccc(C#N)cc1)c1ccccc1O. The fourth-order valence-electron chi connectivity index (χ4n) is 1.96. The van der Waals surface area contributed by atoms with E-state index < -0.39 is 0 Å². The Morgan fingerprint density at radius 2 is 1.96 bits per heavy atom. The first-order valence-electron chi connectivity index (χ1n) is 7.28. The maximum Gasteiger partial charge on any atom is 0.250 e. The number of thioether (sulfide) groups is 1. The fourth-order valence-corrected chi connectivity index (χ4v) is 2.74. The van der Waals surface area contributed by atoms with Crippen molar-refractivity contribution < 1.29 is 9.90 Å². The number of carbonyl (C=O) groups is 1. The smallest absolute Gasteiger partial charge is 0.250 e. The van der Waals surface area contributed by atoms with Crippen LogP contribution in [0.4, 0.5) is 0 Å². The summed E-state index contributed by atoms with van der Waals surface area (Å²) in [7, 11) is 0. The molecule has 0 aliphatic heterocycles. The maximum absolute atomic E-state index is 11.8. The first kappa shape index (κ1) is 17.6. The van der Waals surface area contributed by atoms with Crippen LogP contribution >= 0.6 is 11.8 Å². The number of aromatic hydroxyl groups is 1. The Kier molecular flexibility index (Phi) is 6.41. The Bertz CT molecular complexity index is 780. The zero-order valence-corrected chi connectivity index (χ0v) is 14.0. The summed E-state index contributed by atoms with van der Waals surface area (Å²) in [6.45, 7) is 1.72. The van der Waals surface area contributed by atoms with Gasteiger partial charge in [0.1, 0.15) is 5.75 Å². The molecule has 0 aliphatic rings. The number of hydrazone groups is 1. The molecule has 122 valence electrons. The topological polar surface area (TPSA) is 85.5 Å². The molecule has 2 aromatic carbocycles. The average molecular weight is 339 g/mol. The lowest BCUT2D eigenvalue weighted by atomic mass is 10.1. The van der Waals surface area contributed by atoms with Crippen LogP contribution in [0.3, 0.4) is 0 Å². The second kappa shape index (κ2) is 8.75. The van der Waals surface area contributed by atoms with Crippen LogP contribution in [0, 0.1) is 11.3 Å². The van der Waals surface area contributed by atoms with Crippen LogP contribution in [0.25, 0.3) is 0 Å². The summed E-state index contributed by atoms with van der Waals surface area (Å²) in [5.74, 6) is 0.880. The van der Waals surface area contributed by atoms with Crippen molar-refractivity contribution in [3.05, 3.63) is 65.2 Å². The minimum Gasteiger partial charge on any atom is -0.507 e. The molecular formula is C18H17N3O2S. The first-order chi connectivity index (χ1) is 11.6. The fraction of sp³-hybridized carbons (Fsp3) is 0.167. The van der Waals surface area contributed by atoms with Crippen molar-refractivity contribution in [2.75, 3.05) is 5.75 Å². The van der Waals surface area contributed by atoms with Gasteiger partial charge in [-0.05, 0) is 36.8 Å². The van der Waals surface area contributed by atoms with E-state index in [0.29, 0.717) is 22.6 Å². The monoisotopic (exact) mass is 339 g/mol. The van der Waals surface area contributed by atoms with Crippen LogP contribution < -0.4 is 5.43 Å². The van der Waals surface area contributed by atoms with Crippen LogP contribution in [0.2, 0.25) is 0 Å². The zero-order valence-electron chi connectivity index (χ0n) is 13.2. The lowest BCUT2D eigenvalue weighted by molar-refractivity contribution is -0.118. The minimum atomic E-state index is -0.205. The van der Waals surface area contributed by atoms with Crippen molar-refractivity contribution >= 4 is 23.4 Å². The molecule has 1 amide bonds. The highest BCUT2D eigenvalue weighted by molar-refractivity contribution is 7.99. The van der Waals surface area contributed by atoms with E-state index in [2.05, 4.69) is 16.6 Å². The number of nitrogens with zero attached hydrogens (tertiary/aromatic N) is 2. The Balaban J connectivity index is 1.80. The van der Waals surface area contributed by atoms with Crippen LogP contribution in [0.15, 0.2) is 53.6 Å². The molecule has 2 N–H and O–H groups in total. The number of para-hydroxylation sites is 1. The van der Waals surface area contributed by atoms with Gasteiger partial charge in [0, 0.05) is 11.3 Å². The highest BCUT2D eigenvalue weighted by Crippen LogP contribution is 2.16. The van der Waals surface area contributed by atoms with Gasteiger partial charge in [0.05, 0.1) is 23.1 Å². The van der Waals surface area contributed by atoms with E-state index in [1.807, 2.05) is 12.1 Å². The number of nitriles is 1. The summed E-state index contributed by atoms with van der Waals surface area (Å²) in [5, 5.41) is 22.5. The molecule has 0 unspecified atom stereocenters. The lowest BCUT2D eigenvalue weighted by Gasteiger charge is -2.05. The quantitative estimate of drug-likeness (QED) is 0.626. The number of phenolic OH excluding ortho intramolecular Hbond substituents is 1. The predicted octanol–water partition coefficient (Wildman–Crippen LogP) is 3.04. The summed E-state index contributed by atoms with van der Waals surface area (Å²) in [4.78, 5) is 11.8. The molecule has 0 heterocycles. The standard InChI is InChI=1S/C18H17N3O2S/c1-13(16-4-2-3-5-17(16)22)20-21-18(23)12-24-11-15-8-6-14(10-19)7-9-15/h2-9,22H,11-12H2,1H3,(H,21,23)/b20-13-. The van der Waals surface area contributed by atoms with E-state index in [0.717, 1.165) is 5.56 Å². The molecule has 0 radical (unpaired) electrons. The Hall–Kier alpha value is -2.78. The van der Waals surface area contributed by atoms with Gasteiger partial charge in [0.2, 0.25) is 5.91 Å². The van der Waals surface area contributed by atoms with Crippen molar-refractivity contribution in [1.82, 2.24) is 5.43 Å². The average Bonchev–Trinajstić information content (AvgIpc) is 2.60. The van der Waals surface area contributed by atoms with E-state index in [1.165, 1.54) is 11.8 Å². The van der Waals surface area contributed by atoms with E-state index in [9.17, 15) is 9.90 Å². The molecule has 0 atom stereocenters. The van der Waals surface area contributed by atoms with Gasteiger partial charge in [-0.25, -0.2) is 5.43 Å². The summed E-state index contributed by atoms with van der Waals surface area (Å²) in [6, 6.07) is 16.2. The molecule has 2 rings (SSSR count). The third kappa shape index (κ3) is 5.14. The zero-order chi connectivity index (χ0) is 17.4. The molecular weight excluding hydrogens is 322 g/mol. The number of carbonyl (C=O) groups excluding carboxylic acids is 1. The Labute approximate surface area is 145 Å². The van der Waals surface area contributed by atoms with Gasteiger partial charge in [0.15, 0.2) is 0 Å². The molecule has 0 bridgehead atoms. The molecule has 0 saturated heterocycles. The van der Waals surface area contributed by atoms with Crippen LogP contribution in [-0.4, -0.2) is 22.5 Å². The summed E-state index contributed by atoms with van der Waals surface area (Å²) < 4.78 is 0. The number of phenols is 1. The summed E-state index contributed by atoms with van der Waals surface area (Å²) >= 11 is 1.46. The first-order valence-corrected chi connectivity index (χ1v) is 8.44. The van der Waals surface area contributed by atoms with E-state index in [4.69, 9.17) is 5.26 Å². The number of hydrogen-bond acceptors (Lipinski definition) is 5. The normalized spacial score (nSPS) is 10.9. The van der Waals surface area contributed by atoms with E-state index >= 15 is 0 Å². The van der Waals surface area contributed by atoms with Crippen LogP contribution in [0.1, 0.15) is 23.6 Å². The van der Waals surface area contributed by atoms with Gasteiger partial charge in [-0.1, -0.05) is 24.3 Å². The molecule has 6 heteroatoms. The maximum atomic E-state index is 11.8. The molecule has 5 nitrogen and oxygen atoms in total. The third-order valence-corrected chi connectivity index (χ3v) is 4.23.